The Morgan fingerprint density at radius 1 is 1.14 bits per heavy atom. The van der Waals surface area contributed by atoms with Crippen LogP contribution in [0.25, 0.3) is 0 Å². The average molecular weight is 197 g/mol. The highest BCUT2D eigenvalue weighted by Gasteiger charge is 2.18. The molecule has 1 heterocycles. The monoisotopic (exact) mass is 197 g/mol. The minimum Gasteiger partial charge on any atom is -0.328 e. The number of nitrogens with two attached hydrogens (primary N) is 1. The molecule has 0 spiro atoms. The molecule has 3 heteroatoms. The second kappa shape index (κ2) is 5.10. The normalized spacial score (nSPS) is 26.4. The van der Waals surface area contributed by atoms with E-state index in [0.717, 1.165) is 6.04 Å². The van der Waals surface area contributed by atoms with E-state index in [1.165, 1.54) is 58.3 Å². The van der Waals surface area contributed by atoms with Crippen molar-refractivity contribution in [3.63, 3.8) is 0 Å². The molecule has 82 valence electrons. The molecule has 0 atom stereocenters. The molecule has 2 fully saturated rings. The van der Waals surface area contributed by atoms with E-state index in [0.29, 0.717) is 6.04 Å². The van der Waals surface area contributed by atoms with Gasteiger partial charge in [-0.2, -0.15) is 0 Å². The van der Waals surface area contributed by atoms with E-state index >= 15 is 0 Å². The van der Waals surface area contributed by atoms with Crippen molar-refractivity contribution in [3.05, 3.63) is 0 Å². The van der Waals surface area contributed by atoms with Crippen LogP contribution in [-0.4, -0.2) is 43.2 Å². The molecule has 0 bridgehead atoms. The number of likely N-dealkylation sites (tertiary alicyclic amines) is 1. The quantitative estimate of drug-likeness (QED) is 0.691. The summed E-state index contributed by atoms with van der Waals surface area (Å²) in [7, 11) is 0. The van der Waals surface area contributed by atoms with Crippen molar-refractivity contribution in [1.82, 2.24) is 10.2 Å². The van der Waals surface area contributed by atoms with E-state index in [9.17, 15) is 0 Å². The molecule has 0 unspecified atom stereocenters. The van der Waals surface area contributed by atoms with Crippen LogP contribution in [0, 0.1) is 0 Å². The third-order valence-electron chi connectivity index (χ3n) is 3.60. The molecule has 0 aromatic heterocycles. The van der Waals surface area contributed by atoms with Crippen LogP contribution in [0.4, 0.5) is 0 Å². The first kappa shape index (κ1) is 10.4. The molecule has 14 heavy (non-hydrogen) atoms. The first-order valence-electron chi connectivity index (χ1n) is 6.06. The lowest BCUT2D eigenvalue weighted by Crippen LogP contribution is -2.44. The number of hydrogen-bond acceptors (Lipinski definition) is 3. The predicted molar refractivity (Wildman–Crippen MR) is 59.3 cm³/mol. The summed E-state index contributed by atoms with van der Waals surface area (Å²) in [5.74, 6) is 0. The lowest BCUT2D eigenvalue weighted by molar-refractivity contribution is 0.206. The van der Waals surface area contributed by atoms with Crippen LogP contribution in [-0.2, 0) is 0 Å². The van der Waals surface area contributed by atoms with E-state index in [1.807, 2.05) is 0 Å². The molecule has 1 saturated heterocycles. The third-order valence-corrected chi connectivity index (χ3v) is 3.60. The summed E-state index contributed by atoms with van der Waals surface area (Å²) in [6.07, 6.45) is 6.58. The minimum absolute atomic E-state index is 0.464. The molecule has 1 aliphatic carbocycles. The lowest BCUT2D eigenvalue weighted by atomic mass is 9.93. The SMILES string of the molecule is NC1CCN(CCNC2CCC2)CC1. The van der Waals surface area contributed by atoms with Crippen LogP contribution in [0.15, 0.2) is 0 Å². The van der Waals surface area contributed by atoms with Crippen LogP contribution < -0.4 is 11.1 Å². The Morgan fingerprint density at radius 2 is 1.86 bits per heavy atom. The van der Waals surface area contributed by atoms with Crippen molar-refractivity contribution in [2.45, 2.75) is 44.2 Å². The maximum atomic E-state index is 5.86. The smallest absolute Gasteiger partial charge is 0.0107 e. The summed E-state index contributed by atoms with van der Waals surface area (Å²) in [5.41, 5.74) is 5.86. The van der Waals surface area contributed by atoms with E-state index < -0.39 is 0 Å². The largest absolute Gasteiger partial charge is 0.328 e. The summed E-state index contributed by atoms with van der Waals surface area (Å²) in [6.45, 7) is 4.78. The summed E-state index contributed by atoms with van der Waals surface area (Å²) in [6, 6.07) is 1.30. The standard InChI is InChI=1S/C11H23N3/c12-10-4-7-14(8-5-10)9-6-13-11-2-1-3-11/h10-11,13H,1-9,12H2. The van der Waals surface area contributed by atoms with Crippen molar-refractivity contribution in [1.29, 1.82) is 0 Å². The van der Waals surface area contributed by atoms with E-state index in [4.69, 9.17) is 5.73 Å². The van der Waals surface area contributed by atoms with E-state index in [2.05, 4.69) is 10.2 Å². The van der Waals surface area contributed by atoms with Gasteiger partial charge in [-0.25, -0.2) is 0 Å². The Hall–Kier alpha value is -0.120. The second-order valence-electron chi connectivity index (χ2n) is 4.76. The molecule has 1 saturated carbocycles. The van der Waals surface area contributed by atoms with Gasteiger partial charge in [0.2, 0.25) is 0 Å². The van der Waals surface area contributed by atoms with Crippen molar-refractivity contribution < 1.29 is 0 Å². The van der Waals surface area contributed by atoms with Gasteiger partial charge >= 0.3 is 0 Å². The predicted octanol–water partition coefficient (Wildman–Crippen LogP) is 0.552. The molecule has 3 N–H and O–H groups in total. The number of nitrogens with one attached hydrogen (secondary N) is 1. The highest BCUT2D eigenvalue weighted by molar-refractivity contribution is 4.78. The molecule has 0 amide bonds. The highest BCUT2D eigenvalue weighted by Crippen LogP contribution is 2.17. The number of hydrogen-bond donors (Lipinski definition) is 2. The van der Waals surface area contributed by atoms with Gasteiger partial charge in [-0.1, -0.05) is 6.42 Å². The zero-order valence-corrected chi connectivity index (χ0v) is 9.04. The molecule has 2 rings (SSSR count). The van der Waals surface area contributed by atoms with Crippen molar-refractivity contribution in [2.24, 2.45) is 5.73 Å². The second-order valence-corrected chi connectivity index (χ2v) is 4.76. The summed E-state index contributed by atoms with van der Waals surface area (Å²) in [4.78, 5) is 2.54. The first-order chi connectivity index (χ1) is 6.84. The zero-order chi connectivity index (χ0) is 9.80. The fourth-order valence-electron chi connectivity index (χ4n) is 2.22. The Bertz CT molecular complexity index is 160. The van der Waals surface area contributed by atoms with E-state index in [1.54, 1.807) is 0 Å². The Balaban J connectivity index is 1.52. The fourth-order valence-corrected chi connectivity index (χ4v) is 2.22. The maximum Gasteiger partial charge on any atom is 0.0107 e. The van der Waals surface area contributed by atoms with Crippen molar-refractivity contribution in [3.8, 4) is 0 Å². The van der Waals surface area contributed by atoms with Gasteiger partial charge in [0.1, 0.15) is 0 Å². The molecular weight excluding hydrogens is 174 g/mol. The molecular formula is C11H23N3. The minimum atomic E-state index is 0.464. The molecule has 3 nitrogen and oxygen atoms in total. The van der Waals surface area contributed by atoms with Crippen molar-refractivity contribution >= 4 is 0 Å². The van der Waals surface area contributed by atoms with Gasteiger partial charge in [-0.05, 0) is 38.8 Å². The Labute approximate surface area is 87.0 Å². The van der Waals surface area contributed by atoms with Gasteiger partial charge in [-0.15, -0.1) is 0 Å². The molecule has 0 radical (unpaired) electrons. The Kier molecular flexibility index (Phi) is 3.79. The summed E-state index contributed by atoms with van der Waals surface area (Å²) in [5, 5.41) is 3.60. The van der Waals surface area contributed by atoms with Gasteiger partial charge in [-0.3, -0.25) is 0 Å². The summed E-state index contributed by atoms with van der Waals surface area (Å²) < 4.78 is 0. The fraction of sp³-hybridized carbons (Fsp3) is 1.00. The van der Waals surface area contributed by atoms with Gasteiger partial charge in [0, 0.05) is 25.2 Å². The highest BCUT2D eigenvalue weighted by atomic mass is 15.1. The number of nitrogens with zero attached hydrogens (tertiary/aromatic N) is 1. The van der Waals surface area contributed by atoms with Gasteiger partial charge in [0.25, 0.3) is 0 Å². The van der Waals surface area contributed by atoms with Crippen LogP contribution in [0.3, 0.4) is 0 Å². The van der Waals surface area contributed by atoms with E-state index in [-0.39, 0.29) is 0 Å². The van der Waals surface area contributed by atoms with Crippen LogP contribution in [0.5, 0.6) is 0 Å². The van der Waals surface area contributed by atoms with Gasteiger partial charge in [0.15, 0.2) is 0 Å². The lowest BCUT2D eigenvalue weighted by Gasteiger charge is -2.32. The first-order valence-corrected chi connectivity index (χ1v) is 6.06. The maximum absolute atomic E-state index is 5.86. The molecule has 1 aliphatic heterocycles. The van der Waals surface area contributed by atoms with Crippen LogP contribution in [0.2, 0.25) is 0 Å². The van der Waals surface area contributed by atoms with Crippen LogP contribution >= 0.6 is 0 Å². The Morgan fingerprint density at radius 3 is 2.43 bits per heavy atom. The molecule has 0 aromatic rings. The molecule has 2 aliphatic rings. The van der Waals surface area contributed by atoms with Gasteiger partial charge in [0.05, 0.1) is 0 Å². The van der Waals surface area contributed by atoms with Gasteiger partial charge < -0.3 is 16.0 Å². The van der Waals surface area contributed by atoms with Crippen molar-refractivity contribution in [2.75, 3.05) is 26.2 Å². The number of rotatable bonds is 4. The topological polar surface area (TPSA) is 41.3 Å². The number of piperidine rings is 1. The third kappa shape index (κ3) is 2.94. The summed E-state index contributed by atoms with van der Waals surface area (Å²) >= 11 is 0. The van der Waals surface area contributed by atoms with Crippen LogP contribution in [0.1, 0.15) is 32.1 Å². The molecule has 0 aromatic carbocycles. The zero-order valence-electron chi connectivity index (χ0n) is 9.04. The average Bonchev–Trinajstić information content (AvgIpc) is 2.12.